The molecule has 0 atom stereocenters. The average molecular weight is 776 g/mol. The van der Waals surface area contributed by atoms with Gasteiger partial charge in [-0.2, -0.15) is 0 Å². The van der Waals surface area contributed by atoms with Crippen LogP contribution in [0.3, 0.4) is 0 Å². The number of nitrogens with one attached hydrogen (secondary N) is 2. The first-order valence-corrected chi connectivity index (χ1v) is 15.9. The van der Waals surface area contributed by atoms with Crippen molar-refractivity contribution in [3.05, 3.63) is 89.3 Å². The summed E-state index contributed by atoms with van der Waals surface area (Å²) >= 11 is 0. The predicted molar refractivity (Wildman–Crippen MR) is 185 cm³/mol. The van der Waals surface area contributed by atoms with E-state index in [2.05, 4.69) is 9.98 Å². The summed E-state index contributed by atoms with van der Waals surface area (Å²) in [5.41, 5.74) is 3.58. The fourth-order valence-corrected chi connectivity index (χ4v) is 4.52. The van der Waals surface area contributed by atoms with Crippen molar-refractivity contribution in [1.29, 1.82) is 0 Å². The average Bonchev–Trinajstić information content (AvgIpc) is 3.10. The number of aliphatic hydroxyl groups is 2. The quantitative estimate of drug-likeness (QED) is 0.0693. The van der Waals surface area contributed by atoms with Crippen LogP contribution in [-0.4, -0.2) is 126 Å². The first-order valence-electron chi connectivity index (χ1n) is 15.9. The molecule has 0 unspecified atom stereocenters. The van der Waals surface area contributed by atoms with E-state index in [1.165, 1.54) is 0 Å². The minimum atomic E-state index is -1.75. The molecule has 51 heavy (non-hydrogen) atoms. The minimum absolute atomic E-state index is 0. The number of aryl methyl sites for hydroxylation is 2. The molecule has 0 saturated carbocycles. The van der Waals surface area contributed by atoms with Gasteiger partial charge in [0.2, 0.25) is 0 Å². The van der Waals surface area contributed by atoms with Crippen LogP contribution in [0.25, 0.3) is 0 Å². The molecule has 2 heterocycles. The number of morpholine rings is 2. The van der Waals surface area contributed by atoms with Crippen LogP contribution in [0, 0.1) is 44.5 Å². The smallest absolute Gasteiger partial charge is 0.872 e. The van der Waals surface area contributed by atoms with E-state index in [1.807, 2.05) is 38.1 Å². The van der Waals surface area contributed by atoms with Gasteiger partial charge in [0.05, 0.1) is 49.7 Å². The Morgan fingerprint density at radius 2 is 0.961 bits per heavy atom. The van der Waals surface area contributed by atoms with E-state index in [-0.39, 0.29) is 28.6 Å². The van der Waals surface area contributed by atoms with Gasteiger partial charge in [0, 0.05) is 52.6 Å². The molecule has 0 amide bonds. The van der Waals surface area contributed by atoms with Crippen molar-refractivity contribution in [2.45, 2.75) is 26.7 Å². The number of ether oxygens (including phenoxy) is 2. The molecule has 2 aliphatic heterocycles. The first kappa shape index (κ1) is 51.4. The maximum absolute atomic E-state index is 11.6. The van der Waals surface area contributed by atoms with E-state index in [1.54, 1.807) is 34.4 Å². The van der Waals surface area contributed by atoms with Gasteiger partial charge < -0.3 is 70.3 Å². The second-order valence-corrected chi connectivity index (χ2v) is 10.5. The zero-order valence-corrected chi connectivity index (χ0v) is 30.5. The normalized spacial score (nSPS) is 13.9. The molecule has 293 valence electrons. The second-order valence-electron chi connectivity index (χ2n) is 10.5. The number of nitrogens with zero attached hydrogens (tertiary/aromatic N) is 4. The molecule has 4 rings (SSSR count). The Morgan fingerprint density at radius 1 is 0.667 bits per heavy atom. The third-order valence-electron chi connectivity index (χ3n) is 6.83. The van der Waals surface area contributed by atoms with Gasteiger partial charge in [-0.1, -0.05) is 47.5 Å². The molecule has 2 saturated heterocycles. The van der Waals surface area contributed by atoms with Crippen LogP contribution in [-0.2, 0) is 26.5 Å². The summed E-state index contributed by atoms with van der Waals surface area (Å²) in [6, 6.07) is 10.7. The van der Waals surface area contributed by atoms with Gasteiger partial charge in [-0.05, 0) is 25.0 Å². The predicted octanol–water partition coefficient (Wildman–Crippen LogP) is -1.68. The van der Waals surface area contributed by atoms with Crippen molar-refractivity contribution in [2.75, 3.05) is 93.0 Å². The fraction of sp³-hybridized carbons (Fsp3) is 0.562. The summed E-state index contributed by atoms with van der Waals surface area (Å²) in [5, 5.41) is 66.6. The van der Waals surface area contributed by atoms with Crippen LogP contribution < -0.4 is 20.0 Å². The molecule has 2 fully saturated rings. The van der Waals surface area contributed by atoms with Crippen LogP contribution >= 0.6 is 0 Å². The van der Waals surface area contributed by atoms with Gasteiger partial charge in [-0.15, -0.1) is 11.5 Å². The SMILES string of the molecule is CO.CO.Cc1ccc([O-])c(C=NCCC[NH+]2CCOCC2)c1.Cc1ccc([O-])c(C=NCCC[NH+]2CCOCC2)c1.O=[N+]([O-])[O-].O=[N+]([O-])[O-].[Cu+2]. The molecule has 0 aliphatic carbocycles. The topological polar surface area (TPSA) is 271 Å². The number of hydrogen-bond donors (Lipinski definition) is 4. The maximum atomic E-state index is 11.6. The minimum Gasteiger partial charge on any atom is -0.872 e. The first-order chi connectivity index (χ1) is 24.0. The standard InChI is InChI=1S/2C15H22N2O2.2CH4O.Cu.2NO3/c2*1-13-3-4-15(18)14(11-13)12-16-5-2-6-17-7-9-19-10-8-17;2*1-2;;2*2-1(3)4/h2*3-4,11-12,18H,2,5-10H2,1H3;2*2H,1H3;;;/q;;;;+2;2*-1. The molecule has 4 N–H and O–H groups in total. The Hall–Kier alpha value is -3.94. The Labute approximate surface area is 309 Å². The summed E-state index contributed by atoms with van der Waals surface area (Å²) in [4.78, 5) is 28.4. The van der Waals surface area contributed by atoms with Gasteiger partial charge in [0.1, 0.15) is 26.2 Å². The van der Waals surface area contributed by atoms with Gasteiger partial charge in [0.15, 0.2) is 0 Å². The van der Waals surface area contributed by atoms with Gasteiger partial charge in [-0.3, -0.25) is 9.98 Å². The third-order valence-corrected chi connectivity index (χ3v) is 6.83. The number of quaternary nitrogens is 2. The molecule has 0 bridgehead atoms. The Bertz CT molecular complexity index is 1130. The van der Waals surface area contributed by atoms with Gasteiger partial charge in [0.25, 0.3) is 0 Å². The Morgan fingerprint density at radius 3 is 1.25 bits per heavy atom. The number of aliphatic hydroxyl groups excluding tert-OH is 2. The largest absolute Gasteiger partial charge is 2.00 e. The van der Waals surface area contributed by atoms with Crippen molar-refractivity contribution < 1.29 is 66.9 Å². The summed E-state index contributed by atoms with van der Waals surface area (Å²) in [6.45, 7) is 15.7. The van der Waals surface area contributed by atoms with Crippen LogP contribution in [0.4, 0.5) is 0 Å². The molecule has 2 aliphatic rings. The molecule has 19 heteroatoms. The fourth-order valence-electron chi connectivity index (χ4n) is 4.52. The second kappa shape index (κ2) is 34.5. The number of hydrogen-bond acceptors (Lipinski definition) is 14. The Kier molecular flexibility index (Phi) is 34.8. The van der Waals surface area contributed by atoms with Crippen molar-refractivity contribution >= 4 is 12.4 Å². The van der Waals surface area contributed by atoms with Gasteiger partial charge in [-0.25, -0.2) is 0 Å². The van der Waals surface area contributed by atoms with E-state index in [0.717, 1.165) is 117 Å². The van der Waals surface area contributed by atoms with Gasteiger partial charge >= 0.3 is 17.1 Å². The molecule has 0 spiro atoms. The van der Waals surface area contributed by atoms with E-state index in [4.69, 9.17) is 50.3 Å². The number of rotatable bonds is 10. The Balaban J connectivity index is -0.000000681. The maximum Gasteiger partial charge on any atom is 2.00 e. The van der Waals surface area contributed by atoms with Crippen LogP contribution in [0.15, 0.2) is 46.4 Å². The molecule has 2 aromatic rings. The molecule has 2 aromatic carbocycles. The van der Waals surface area contributed by atoms with E-state index >= 15 is 0 Å². The summed E-state index contributed by atoms with van der Waals surface area (Å²) in [7, 11) is 2.00. The van der Waals surface area contributed by atoms with Crippen molar-refractivity contribution in [3.8, 4) is 11.5 Å². The molecular weight excluding hydrogens is 724 g/mol. The van der Waals surface area contributed by atoms with Crippen molar-refractivity contribution in [2.24, 2.45) is 9.98 Å². The van der Waals surface area contributed by atoms with E-state index < -0.39 is 10.2 Å². The monoisotopic (exact) mass is 775 g/mol. The molecular formula is C32H52CuN6O12. The zero-order valence-electron chi connectivity index (χ0n) is 29.6. The third kappa shape index (κ3) is 30.6. The molecule has 1 radical (unpaired) electrons. The molecule has 18 nitrogen and oxygen atoms in total. The van der Waals surface area contributed by atoms with Crippen molar-refractivity contribution in [1.82, 2.24) is 0 Å². The van der Waals surface area contributed by atoms with E-state index in [9.17, 15) is 10.2 Å². The van der Waals surface area contributed by atoms with E-state index in [0.29, 0.717) is 11.1 Å². The van der Waals surface area contributed by atoms with Crippen LogP contribution in [0.1, 0.15) is 35.1 Å². The number of aliphatic imine (C=N–C) groups is 2. The summed E-state index contributed by atoms with van der Waals surface area (Å²) < 4.78 is 10.6. The molecule has 0 aromatic heterocycles. The van der Waals surface area contributed by atoms with Crippen LogP contribution in [0.5, 0.6) is 11.5 Å². The number of benzene rings is 2. The summed E-state index contributed by atoms with van der Waals surface area (Å²) in [5.74, 6) is 0.0984. The summed E-state index contributed by atoms with van der Waals surface area (Å²) in [6.07, 6.45) is 5.55. The zero-order chi connectivity index (χ0) is 38.2. The van der Waals surface area contributed by atoms with Crippen LogP contribution in [0.2, 0.25) is 0 Å². The van der Waals surface area contributed by atoms with Crippen molar-refractivity contribution in [3.63, 3.8) is 0 Å².